The van der Waals surface area contributed by atoms with Crippen LogP contribution in [0.4, 0.5) is 0 Å². The van der Waals surface area contributed by atoms with E-state index in [9.17, 15) is 28.8 Å². The number of hydrogen-bond donors (Lipinski definition) is 4. The number of ketones is 1. The molecule has 2 aromatic rings. The molecule has 13 heteroatoms. The Kier molecular flexibility index (Phi) is 11.7. The van der Waals surface area contributed by atoms with Gasteiger partial charge >= 0.3 is 0 Å². The zero-order valence-corrected chi connectivity index (χ0v) is 28.5. The van der Waals surface area contributed by atoms with Crippen molar-refractivity contribution in [1.82, 2.24) is 36.1 Å². The third-order valence-electron chi connectivity index (χ3n) is 8.61. The molecule has 0 bridgehead atoms. The second kappa shape index (κ2) is 15.5. The van der Waals surface area contributed by atoms with Crippen molar-refractivity contribution in [2.45, 2.75) is 110 Å². The summed E-state index contributed by atoms with van der Waals surface area (Å²) in [7, 11) is 0. The molecule has 13 nitrogen and oxygen atoms in total. The Hall–Kier alpha value is -4.68. The third-order valence-corrected chi connectivity index (χ3v) is 8.61. The van der Waals surface area contributed by atoms with Crippen LogP contribution in [-0.2, 0) is 36.9 Å². The minimum atomic E-state index is -1.09. The third kappa shape index (κ3) is 9.02. The van der Waals surface area contributed by atoms with Crippen LogP contribution in [0.3, 0.4) is 0 Å². The van der Waals surface area contributed by atoms with E-state index < -0.39 is 64.9 Å². The number of amides is 5. The van der Waals surface area contributed by atoms with Gasteiger partial charge in [0.25, 0.3) is 11.8 Å². The monoisotopic (exact) mass is 661 g/mol. The minimum Gasteiger partial charge on any atom is -0.347 e. The van der Waals surface area contributed by atoms with E-state index in [-0.39, 0.29) is 37.0 Å². The Morgan fingerprint density at radius 3 is 2.23 bits per heavy atom. The van der Waals surface area contributed by atoms with Gasteiger partial charge < -0.3 is 26.2 Å². The largest absolute Gasteiger partial charge is 0.347 e. The van der Waals surface area contributed by atoms with Crippen molar-refractivity contribution >= 4 is 35.3 Å². The molecule has 1 fully saturated rings. The first-order valence-electron chi connectivity index (χ1n) is 16.6. The number of aromatic nitrogens is 2. The Bertz CT molecular complexity index is 1520. The maximum atomic E-state index is 14.5. The standard InChI is InChI=1S/C35H47N7O6/c1-7-10-24(28(43)33(47)38-23-13-14-23)39-31(45)26-17-21-11-8-9-12-22(21)19-42(26)34(48)29(35(4,5)6)41-32(46)27(20(2)3)40-30(44)25-18-36-15-16-37-25/h8-9,11-12,15-16,18,20,23-24,26-27,29H,7,10,13-14,17,19H2,1-6H3,(H,38,47)(H,39,45)(H,40,44)(H,41,46)/t24-,26-,27-,29+/m0/s1. The summed E-state index contributed by atoms with van der Waals surface area (Å²) < 4.78 is 0. The molecule has 1 aromatic heterocycles. The Morgan fingerprint density at radius 1 is 0.958 bits per heavy atom. The van der Waals surface area contributed by atoms with Gasteiger partial charge in [-0.2, -0.15) is 0 Å². The van der Waals surface area contributed by atoms with Crippen molar-refractivity contribution < 1.29 is 28.8 Å². The van der Waals surface area contributed by atoms with E-state index in [0.717, 1.165) is 24.0 Å². The van der Waals surface area contributed by atoms with Gasteiger partial charge in [0, 0.05) is 31.4 Å². The number of rotatable bonds is 13. The number of Topliss-reactive ketones (excluding diaryl/α,β-unsaturated/α-hetero) is 1. The van der Waals surface area contributed by atoms with E-state index in [1.165, 1.54) is 23.5 Å². The summed E-state index contributed by atoms with van der Waals surface area (Å²) in [6.07, 6.45) is 6.74. The fourth-order valence-electron chi connectivity index (χ4n) is 5.67. The predicted molar refractivity (Wildman–Crippen MR) is 177 cm³/mol. The van der Waals surface area contributed by atoms with E-state index in [2.05, 4.69) is 31.2 Å². The van der Waals surface area contributed by atoms with E-state index >= 15 is 0 Å². The number of hydrogen-bond acceptors (Lipinski definition) is 8. The molecule has 0 radical (unpaired) electrons. The van der Waals surface area contributed by atoms with Crippen LogP contribution < -0.4 is 21.3 Å². The normalized spacial score (nSPS) is 17.7. The molecule has 258 valence electrons. The van der Waals surface area contributed by atoms with Crippen molar-refractivity contribution in [1.29, 1.82) is 0 Å². The van der Waals surface area contributed by atoms with Crippen molar-refractivity contribution in [2.24, 2.45) is 11.3 Å². The van der Waals surface area contributed by atoms with Crippen molar-refractivity contribution in [3.05, 3.63) is 59.7 Å². The molecule has 5 amide bonds. The van der Waals surface area contributed by atoms with Gasteiger partial charge in [-0.25, -0.2) is 4.98 Å². The van der Waals surface area contributed by atoms with Gasteiger partial charge in [-0.3, -0.25) is 33.8 Å². The average Bonchev–Trinajstić information content (AvgIpc) is 3.88. The highest BCUT2D eigenvalue weighted by molar-refractivity contribution is 6.38. The van der Waals surface area contributed by atoms with Crippen LogP contribution >= 0.6 is 0 Å². The van der Waals surface area contributed by atoms with Crippen LogP contribution in [0.15, 0.2) is 42.9 Å². The second-order valence-electron chi connectivity index (χ2n) is 14.0. The van der Waals surface area contributed by atoms with Gasteiger partial charge in [0.2, 0.25) is 23.5 Å². The Morgan fingerprint density at radius 2 is 1.65 bits per heavy atom. The summed E-state index contributed by atoms with van der Waals surface area (Å²) in [5, 5.41) is 11.1. The van der Waals surface area contributed by atoms with Crippen LogP contribution in [0, 0.1) is 11.3 Å². The molecule has 1 aromatic carbocycles. The topological polar surface area (TPSA) is 180 Å². The number of fused-ring (bicyclic) bond motifs is 1. The summed E-state index contributed by atoms with van der Waals surface area (Å²) in [5.74, 6) is -3.97. The molecular weight excluding hydrogens is 614 g/mol. The molecule has 4 N–H and O–H groups in total. The molecule has 2 heterocycles. The number of carbonyl (C=O) groups is 6. The van der Waals surface area contributed by atoms with Crippen molar-refractivity contribution in [2.75, 3.05) is 0 Å². The fraction of sp³-hybridized carbons (Fsp3) is 0.543. The molecule has 2 aliphatic rings. The van der Waals surface area contributed by atoms with Gasteiger partial charge in [0.15, 0.2) is 0 Å². The lowest BCUT2D eigenvalue weighted by Gasteiger charge is -2.41. The molecule has 1 aliphatic heterocycles. The summed E-state index contributed by atoms with van der Waals surface area (Å²) >= 11 is 0. The number of carbonyl (C=O) groups excluding carboxylic acids is 6. The molecule has 4 atom stereocenters. The van der Waals surface area contributed by atoms with Gasteiger partial charge in [-0.1, -0.05) is 72.2 Å². The quantitative estimate of drug-likeness (QED) is 0.235. The number of nitrogens with one attached hydrogen (secondary N) is 4. The van der Waals surface area contributed by atoms with Crippen LogP contribution in [0.1, 0.15) is 88.8 Å². The van der Waals surface area contributed by atoms with Gasteiger partial charge in [0.05, 0.1) is 12.2 Å². The van der Waals surface area contributed by atoms with Crippen LogP contribution in [-0.4, -0.2) is 80.4 Å². The number of nitrogens with zero attached hydrogens (tertiary/aromatic N) is 3. The summed E-state index contributed by atoms with van der Waals surface area (Å²) in [5.41, 5.74) is 0.984. The highest BCUT2D eigenvalue weighted by Crippen LogP contribution is 2.29. The van der Waals surface area contributed by atoms with E-state index in [4.69, 9.17) is 0 Å². The highest BCUT2D eigenvalue weighted by atomic mass is 16.2. The van der Waals surface area contributed by atoms with E-state index in [1.807, 2.05) is 31.2 Å². The second-order valence-corrected chi connectivity index (χ2v) is 14.0. The van der Waals surface area contributed by atoms with E-state index in [0.29, 0.717) is 6.42 Å². The lowest BCUT2D eigenvalue weighted by molar-refractivity contribution is -0.148. The van der Waals surface area contributed by atoms with Crippen LogP contribution in [0.2, 0.25) is 0 Å². The Labute approximate surface area is 281 Å². The zero-order chi connectivity index (χ0) is 35.2. The van der Waals surface area contributed by atoms with Crippen molar-refractivity contribution in [3.8, 4) is 0 Å². The van der Waals surface area contributed by atoms with Crippen LogP contribution in [0.25, 0.3) is 0 Å². The predicted octanol–water partition coefficient (Wildman–Crippen LogP) is 1.85. The molecule has 48 heavy (non-hydrogen) atoms. The summed E-state index contributed by atoms with van der Waals surface area (Å²) in [4.78, 5) is 90.2. The molecule has 0 unspecified atom stereocenters. The molecule has 1 aliphatic carbocycles. The van der Waals surface area contributed by atoms with Gasteiger partial charge in [-0.15, -0.1) is 0 Å². The van der Waals surface area contributed by atoms with Gasteiger partial charge in [0.1, 0.15) is 23.8 Å². The fourth-order valence-corrected chi connectivity index (χ4v) is 5.67. The Balaban J connectivity index is 1.59. The molecular formula is C35H47N7O6. The summed E-state index contributed by atoms with van der Waals surface area (Å²) in [6, 6.07) is 3.34. The molecule has 1 saturated carbocycles. The lowest BCUT2D eigenvalue weighted by Crippen LogP contribution is -2.63. The first kappa shape index (κ1) is 36.2. The average molecular weight is 662 g/mol. The van der Waals surface area contributed by atoms with E-state index in [1.54, 1.807) is 34.6 Å². The van der Waals surface area contributed by atoms with Crippen LogP contribution in [0.5, 0.6) is 0 Å². The molecule has 0 spiro atoms. The maximum absolute atomic E-state index is 14.5. The SMILES string of the molecule is CCC[C@H](NC(=O)[C@@H]1Cc2ccccc2CN1C(=O)[C@@H](NC(=O)[C@@H](NC(=O)c1cnccn1)C(C)C)C(C)(C)C)C(=O)C(=O)NC1CC1. The molecule has 0 saturated heterocycles. The maximum Gasteiger partial charge on any atom is 0.289 e. The number of benzene rings is 1. The van der Waals surface area contributed by atoms with Crippen molar-refractivity contribution in [3.63, 3.8) is 0 Å². The summed E-state index contributed by atoms with van der Waals surface area (Å²) in [6.45, 7) is 10.9. The first-order chi connectivity index (χ1) is 22.7. The smallest absolute Gasteiger partial charge is 0.289 e. The molecule has 4 rings (SSSR count). The zero-order valence-electron chi connectivity index (χ0n) is 28.5. The van der Waals surface area contributed by atoms with Gasteiger partial charge in [-0.05, 0) is 41.7 Å². The first-order valence-corrected chi connectivity index (χ1v) is 16.6. The minimum absolute atomic E-state index is 0.0115. The lowest BCUT2D eigenvalue weighted by atomic mass is 9.83. The highest BCUT2D eigenvalue weighted by Gasteiger charge is 2.44.